The summed E-state index contributed by atoms with van der Waals surface area (Å²) >= 11 is 11.6. The Labute approximate surface area is 144 Å². The fraction of sp³-hybridized carbons (Fsp3) is 0.133. The summed E-state index contributed by atoms with van der Waals surface area (Å²) in [6.45, 7) is 1.42. The van der Waals surface area contributed by atoms with Crippen molar-refractivity contribution in [2.45, 2.75) is 11.8 Å². The fourth-order valence-corrected chi connectivity index (χ4v) is 3.57. The molecule has 0 unspecified atom stereocenters. The van der Waals surface area contributed by atoms with E-state index in [0.717, 1.165) is 5.56 Å². The highest BCUT2D eigenvalue weighted by Gasteiger charge is 2.19. The summed E-state index contributed by atoms with van der Waals surface area (Å²) in [5, 5.41) is 2.90. The van der Waals surface area contributed by atoms with Crippen LogP contribution >= 0.6 is 23.2 Å². The Hall–Kier alpha value is -1.60. The smallest absolute Gasteiger partial charge is 0.242 e. The van der Waals surface area contributed by atoms with Crippen LogP contribution in [0.5, 0.6) is 0 Å². The minimum absolute atomic E-state index is 0.0289. The van der Waals surface area contributed by atoms with E-state index in [0.29, 0.717) is 5.69 Å². The average Bonchev–Trinajstić information content (AvgIpc) is 2.50. The largest absolute Gasteiger partial charge is 0.325 e. The maximum atomic E-state index is 12.2. The van der Waals surface area contributed by atoms with Crippen LogP contribution in [0.15, 0.2) is 47.4 Å². The molecular weight excluding hydrogens is 359 g/mol. The maximum absolute atomic E-state index is 12.2. The third-order valence-corrected chi connectivity index (χ3v) is 5.14. The molecule has 122 valence electrons. The van der Waals surface area contributed by atoms with Gasteiger partial charge in [-0.1, -0.05) is 41.4 Å². The second-order valence-corrected chi connectivity index (χ2v) is 7.34. The molecule has 0 aromatic heterocycles. The first-order valence-electron chi connectivity index (χ1n) is 6.60. The third-order valence-electron chi connectivity index (χ3n) is 3.02. The molecular formula is C15H14Cl2N2O3S. The van der Waals surface area contributed by atoms with E-state index in [-0.39, 0.29) is 14.9 Å². The molecule has 0 heterocycles. The molecule has 23 heavy (non-hydrogen) atoms. The zero-order valence-corrected chi connectivity index (χ0v) is 14.5. The van der Waals surface area contributed by atoms with Crippen molar-refractivity contribution in [1.82, 2.24) is 4.72 Å². The van der Waals surface area contributed by atoms with Crippen LogP contribution in [-0.4, -0.2) is 20.9 Å². The highest BCUT2D eigenvalue weighted by molar-refractivity contribution is 7.89. The third kappa shape index (κ3) is 4.68. The summed E-state index contributed by atoms with van der Waals surface area (Å²) in [5.41, 5.74) is 1.50. The first-order chi connectivity index (χ1) is 10.8. The van der Waals surface area contributed by atoms with Gasteiger partial charge in [-0.15, -0.1) is 0 Å². The predicted molar refractivity (Wildman–Crippen MR) is 91.5 cm³/mol. The van der Waals surface area contributed by atoms with Gasteiger partial charge in [-0.25, -0.2) is 13.1 Å². The van der Waals surface area contributed by atoms with E-state index < -0.39 is 22.5 Å². The normalized spacial score (nSPS) is 11.3. The van der Waals surface area contributed by atoms with Gasteiger partial charge in [0.25, 0.3) is 0 Å². The molecule has 2 N–H and O–H groups in total. The van der Waals surface area contributed by atoms with E-state index in [1.807, 2.05) is 19.1 Å². The average molecular weight is 373 g/mol. The number of sulfonamides is 1. The molecule has 5 nitrogen and oxygen atoms in total. The van der Waals surface area contributed by atoms with Gasteiger partial charge in [-0.2, -0.15) is 0 Å². The van der Waals surface area contributed by atoms with Crippen LogP contribution in [0.25, 0.3) is 0 Å². The van der Waals surface area contributed by atoms with Gasteiger partial charge in [0.1, 0.15) is 4.90 Å². The monoisotopic (exact) mass is 372 g/mol. The molecule has 0 bridgehead atoms. The number of aryl methyl sites for hydroxylation is 1. The van der Waals surface area contributed by atoms with E-state index in [1.54, 1.807) is 12.1 Å². The van der Waals surface area contributed by atoms with E-state index in [4.69, 9.17) is 23.2 Å². The van der Waals surface area contributed by atoms with Gasteiger partial charge in [0.2, 0.25) is 15.9 Å². The van der Waals surface area contributed by atoms with E-state index in [9.17, 15) is 13.2 Å². The standard InChI is InChI=1S/C15H14Cl2N2O3S/c1-10-4-2-3-5-13(10)19-15(20)9-18-23(21,22)14-8-11(16)6-7-12(14)17/h2-8,18H,9H2,1H3,(H,19,20). The van der Waals surface area contributed by atoms with Crippen molar-refractivity contribution in [1.29, 1.82) is 0 Å². The summed E-state index contributed by atoms with van der Waals surface area (Å²) < 4.78 is 26.6. The SMILES string of the molecule is Cc1ccccc1NC(=O)CNS(=O)(=O)c1cc(Cl)ccc1Cl. The number of hydrogen-bond donors (Lipinski definition) is 2. The van der Waals surface area contributed by atoms with Crippen molar-refractivity contribution in [2.75, 3.05) is 11.9 Å². The van der Waals surface area contributed by atoms with Crippen LogP contribution in [0.1, 0.15) is 5.56 Å². The van der Waals surface area contributed by atoms with E-state index >= 15 is 0 Å². The quantitative estimate of drug-likeness (QED) is 0.845. The lowest BCUT2D eigenvalue weighted by Crippen LogP contribution is -2.33. The van der Waals surface area contributed by atoms with Crippen molar-refractivity contribution in [3.63, 3.8) is 0 Å². The number of rotatable bonds is 5. The highest BCUT2D eigenvalue weighted by atomic mass is 35.5. The van der Waals surface area contributed by atoms with Gasteiger partial charge in [0.15, 0.2) is 0 Å². The van der Waals surface area contributed by atoms with Gasteiger partial charge < -0.3 is 5.32 Å². The Morgan fingerprint density at radius 1 is 1.13 bits per heavy atom. The lowest BCUT2D eigenvalue weighted by Gasteiger charge is -2.10. The number of hydrogen-bond acceptors (Lipinski definition) is 3. The van der Waals surface area contributed by atoms with Crippen molar-refractivity contribution in [3.05, 3.63) is 58.1 Å². The van der Waals surface area contributed by atoms with Crippen molar-refractivity contribution in [2.24, 2.45) is 0 Å². The summed E-state index contributed by atoms with van der Waals surface area (Å²) in [5.74, 6) is -0.485. The molecule has 2 rings (SSSR count). The highest BCUT2D eigenvalue weighted by Crippen LogP contribution is 2.24. The van der Waals surface area contributed by atoms with Crippen LogP contribution < -0.4 is 10.0 Å². The first-order valence-corrected chi connectivity index (χ1v) is 8.84. The Morgan fingerprint density at radius 2 is 1.83 bits per heavy atom. The molecule has 0 radical (unpaired) electrons. The number of halogens is 2. The second kappa shape index (κ2) is 7.31. The van der Waals surface area contributed by atoms with Gasteiger partial charge in [0.05, 0.1) is 11.6 Å². The molecule has 0 fully saturated rings. The molecule has 2 aromatic rings. The molecule has 0 atom stereocenters. The number of carbonyl (C=O) groups excluding carboxylic acids is 1. The first kappa shape index (κ1) is 17.7. The van der Waals surface area contributed by atoms with E-state index in [2.05, 4.69) is 10.0 Å². The Kier molecular flexibility index (Phi) is 5.64. The molecule has 0 saturated carbocycles. The minimum atomic E-state index is -3.94. The van der Waals surface area contributed by atoms with Crippen molar-refractivity contribution >= 4 is 44.8 Å². The van der Waals surface area contributed by atoms with Gasteiger partial charge in [-0.3, -0.25) is 4.79 Å². The summed E-state index contributed by atoms with van der Waals surface area (Å²) in [6, 6.07) is 11.3. The van der Waals surface area contributed by atoms with Crippen LogP contribution in [0.2, 0.25) is 10.0 Å². The summed E-state index contributed by atoms with van der Waals surface area (Å²) in [7, 11) is -3.94. The maximum Gasteiger partial charge on any atom is 0.242 e. The predicted octanol–water partition coefficient (Wildman–Crippen LogP) is 3.22. The molecule has 0 aliphatic carbocycles. The number of anilines is 1. The Morgan fingerprint density at radius 3 is 2.52 bits per heavy atom. The van der Waals surface area contributed by atoms with Crippen LogP contribution in [-0.2, 0) is 14.8 Å². The Bertz CT molecular complexity index is 838. The zero-order chi connectivity index (χ0) is 17.0. The lowest BCUT2D eigenvalue weighted by atomic mass is 10.2. The molecule has 0 spiro atoms. The minimum Gasteiger partial charge on any atom is -0.325 e. The molecule has 8 heteroatoms. The molecule has 2 aromatic carbocycles. The number of para-hydroxylation sites is 1. The van der Waals surface area contributed by atoms with Gasteiger partial charge >= 0.3 is 0 Å². The molecule has 0 aliphatic rings. The number of benzene rings is 2. The number of amides is 1. The van der Waals surface area contributed by atoms with Crippen LogP contribution in [0.3, 0.4) is 0 Å². The van der Waals surface area contributed by atoms with E-state index in [1.165, 1.54) is 18.2 Å². The van der Waals surface area contributed by atoms with Crippen molar-refractivity contribution < 1.29 is 13.2 Å². The topological polar surface area (TPSA) is 75.3 Å². The van der Waals surface area contributed by atoms with Crippen molar-refractivity contribution in [3.8, 4) is 0 Å². The fourth-order valence-electron chi connectivity index (χ4n) is 1.83. The molecule has 0 saturated heterocycles. The van der Waals surface area contributed by atoms with Crippen LogP contribution in [0, 0.1) is 6.92 Å². The Balaban J connectivity index is 2.06. The molecule has 0 aliphatic heterocycles. The van der Waals surface area contributed by atoms with Gasteiger partial charge in [0, 0.05) is 10.7 Å². The lowest BCUT2D eigenvalue weighted by molar-refractivity contribution is -0.115. The summed E-state index contributed by atoms with van der Waals surface area (Å²) in [4.78, 5) is 11.7. The van der Waals surface area contributed by atoms with Gasteiger partial charge in [-0.05, 0) is 36.8 Å². The number of nitrogens with one attached hydrogen (secondary N) is 2. The second-order valence-electron chi connectivity index (χ2n) is 4.76. The molecule has 1 amide bonds. The zero-order valence-electron chi connectivity index (χ0n) is 12.1. The summed E-state index contributed by atoms with van der Waals surface area (Å²) in [6.07, 6.45) is 0. The van der Waals surface area contributed by atoms with Crippen LogP contribution in [0.4, 0.5) is 5.69 Å². The number of carbonyl (C=O) groups is 1.